The van der Waals surface area contributed by atoms with Gasteiger partial charge in [-0.2, -0.15) is 0 Å². The molecule has 0 radical (unpaired) electrons. The maximum Gasteiger partial charge on any atom is 0.0757 e. The molecule has 0 saturated carbocycles. The normalized spacial score (nSPS) is 12.5. The fourth-order valence-corrected chi connectivity index (χ4v) is 0.894. The van der Waals surface area contributed by atoms with Crippen LogP contribution in [0.3, 0.4) is 0 Å². The first kappa shape index (κ1) is 8.87. The number of nitrogens with two attached hydrogens (primary N) is 1. The molecule has 1 aromatic heterocycles. The van der Waals surface area contributed by atoms with Crippen molar-refractivity contribution in [1.82, 2.24) is 9.97 Å². The Morgan fingerprint density at radius 2 is 2.33 bits per heavy atom. The molecule has 1 aromatic rings. The van der Waals surface area contributed by atoms with Gasteiger partial charge in [0.2, 0.25) is 0 Å². The molecule has 0 aliphatic carbocycles. The molecular weight excluding hydrogens is 150 g/mol. The summed E-state index contributed by atoms with van der Waals surface area (Å²) in [6.07, 6.45) is 5.95. The van der Waals surface area contributed by atoms with Crippen molar-refractivity contribution >= 4 is 0 Å². The van der Waals surface area contributed by atoms with E-state index >= 15 is 0 Å². The van der Waals surface area contributed by atoms with Gasteiger partial charge >= 0.3 is 0 Å². The minimum absolute atomic E-state index is 0.0735. The van der Waals surface area contributed by atoms with Crippen molar-refractivity contribution in [1.29, 1.82) is 0 Å². The lowest BCUT2D eigenvalue weighted by Crippen LogP contribution is -2.11. The molecule has 1 heterocycles. The van der Waals surface area contributed by atoms with Gasteiger partial charge in [-0.05, 0) is 13.3 Å². The average molecular weight is 163 g/mol. The summed E-state index contributed by atoms with van der Waals surface area (Å²) in [5, 5.41) is 0. The van der Waals surface area contributed by atoms with Crippen LogP contribution in [0.1, 0.15) is 23.9 Å². The zero-order chi connectivity index (χ0) is 8.97. The summed E-state index contributed by atoms with van der Waals surface area (Å²) in [6.45, 7) is 5.51. The van der Waals surface area contributed by atoms with Crippen molar-refractivity contribution in [3.63, 3.8) is 0 Å². The van der Waals surface area contributed by atoms with Gasteiger partial charge < -0.3 is 5.73 Å². The molecule has 1 atom stereocenters. The highest BCUT2D eigenvalue weighted by Gasteiger charge is 2.04. The lowest BCUT2D eigenvalue weighted by molar-refractivity contribution is 0.706. The Morgan fingerprint density at radius 1 is 1.58 bits per heavy atom. The van der Waals surface area contributed by atoms with Crippen LogP contribution >= 0.6 is 0 Å². The fraction of sp³-hybridized carbons (Fsp3) is 0.333. The first-order chi connectivity index (χ1) is 5.74. The molecule has 1 rings (SSSR count). The maximum absolute atomic E-state index is 5.78. The molecular formula is C9H13N3. The second-order valence-corrected chi connectivity index (χ2v) is 2.71. The SMILES string of the molecule is C=CCC(N)c1cnc(C)cn1. The number of hydrogen-bond donors (Lipinski definition) is 1. The van der Waals surface area contributed by atoms with Crippen molar-refractivity contribution in [2.45, 2.75) is 19.4 Å². The largest absolute Gasteiger partial charge is 0.322 e. The van der Waals surface area contributed by atoms with Crippen molar-refractivity contribution < 1.29 is 0 Å². The summed E-state index contributed by atoms with van der Waals surface area (Å²) >= 11 is 0. The Hall–Kier alpha value is -1.22. The molecule has 0 spiro atoms. The smallest absolute Gasteiger partial charge is 0.0757 e. The van der Waals surface area contributed by atoms with Gasteiger partial charge in [-0.3, -0.25) is 9.97 Å². The Labute approximate surface area is 72.3 Å². The predicted molar refractivity (Wildman–Crippen MR) is 48.5 cm³/mol. The lowest BCUT2D eigenvalue weighted by atomic mass is 10.1. The number of rotatable bonds is 3. The van der Waals surface area contributed by atoms with E-state index in [1.54, 1.807) is 18.5 Å². The van der Waals surface area contributed by atoms with Crippen molar-refractivity contribution in [3.8, 4) is 0 Å². The zero-order valence-electron chi connectivity index (χ0n) is 7.20. The second kappa shape index (κ2) is 3.97. The second-order valence-electron chi connectivity index (χ2n) is 2.71. The topological polar surface area (TPSA) is 51.8 Å². The van der Waals surface area contributed by atoms with Gasteiger partial charge in [-0.25, -0.2) is 0 Å². The van der Waals surface area contributed by atoms with Crippen LogP contribution in [0.15, 0.2) is 25.0 Å². The van der Waals surface area contributed by atoms with E-state index in [1.165, 1.54) is 0 Å². The fourth-order valence-electron chi connectivity index (χ4n) is 0.894. The third kappa shape index (κ3) is 2.13. The summed E-state index contributed by atoms with van der Waals surface area (Å²) in [5.74, 6) is 0. The van der Waals surface area contributed by atoms with Crippen molar-refractivity contribution in [2.75, 3.05) is 0 Å². The standard InChI is InChI=1S/C9H13N3/c1-3-4-8(10)9-6-11-7(2)5-12-9/h3,5-6,8H,1,4,10H2,2H3. The van der Waals surface area contributed by atoms with Crippen LogP contribution in [-0.2, 0) is 0 Å². The third-order valence-electron chi connectivity index (χ3n) is 1.60. The van der Waals surface area contributed by atoms with E-state index in [9.17, 15) is 0 Å². The molecule has 0 bridgehead atoms. The number of aromatic nitrogens is 2. The maximum atomic E-state index is 5.78. The summed E-state index contributed by atoms with van der Waals surface area (Å²) in [7, 11) is 0. The molecule has 2 N–H and O–H groups in total. The van der Waals surface area contributed by atoms with E-state index in [4.69, 9.17) is 5.73 Å². The van der Waals surface area contributed by atoms with E-state index < -0.39 is 0 Å². The Kier molecular flexibility index (Phi) is 2.94. The van der Waals surface area contributed by atoms with Gasteiger partial charge in [0.05, 0.1) is 23.6 Å². The van der Waals surface area contributed by atoms with Crippen LogP contribution in [0.5, 0.6) is 0 Å². The van der Waals surface area contributed by atoms with Crippen molar-refractivity contribution in [3.05, 3.63) is 36.4 Å². The molecule has 12 heavy (non-hydrogen) atoms. The highest BCUT2D eigenvalue weighted by Crippen LogP contribution is 2.09. The van der Waals surface area contributed by atoms with Crippen LogP contribution in [0.4, 0.5) is 0 Å². The third-order valence-corrected chi connectivity index (χ3v) is 1.60. The van der Waals surface area contributed by atoms with Gasteiger partial charge in [0.1, 0.15) is 0 Å². The average Bonchev–Trinajstić information content (AvgIpc) is 2.06. The summed E-state index contributed by atoms with van der Waals surface area (Å²) in [5.41, 5.74) is 7.51. The highest BCUT2D eigenvalue weighted by molar-refractivity contribution is 5.06. The van der Waals surface area contributed by atoms with E-state index in [0.717, 1.165) is 17.8 Å². The van der Waals surface area contributed by atoms with Crippen LogP contribution in [-0.4, -0.2) is 9.97 Å². The molecule has 0 fully saturated rings. The van der Waals surface area contributed by atoms with Crippen LogP contribution < -0.4 is 5.73 Å². The number of aryl methyl sites for hydroxylation is 1. The molecule has 0 aliphatic heterocycles. The highest BCUT2D eigenvalue weighted by atomic mass is 14.8. The van der Waals surface area contributed by atoms with Gasteiger partial charge in [-0.1, -0.05) is 6.08 Å². The van der Waals surface area contributed by atoms with Crippen molar-refractivity contribution in [2.24, 2.45) is 5.73 Å². The van der Waals surface area contributed by atoms with Gasteiger partial charge in [0.25, 0.3) is 0 Å². The predicted octanol–water partition coefficient (Wildman–Crippen LogP) is 1.36. The van der Waals surface area contributed by atoms with E-state index in [2.05, 4.69) is 16.5 Å². The molecule has 64 valence electrons. The molecule has 0 saturated heterocycles. The van der Waals surface area contributed by atoms with Crippen LogP contribution in [0.25, 0.3) is 0 Å². The van der Waals surface area contributed by atoms with Gasteiger partial charge in [0, 0.05) is 6.20 Å². The van der Waals surface area contributed by atoms with Gasteiger partial charge in [-0.15, -0.1) is 6.58 Å². The Morgan fingerprint density at radius 3 is 2.83 bits per heavy atom. The first-order valence-corrected chi connectivity index (χ1v) is 3.89. The Bertz CT molecular complexity index is 253. The summed E-state index contributed by atoms with van der Waals surface area (Å²) in [6, 6.07) is -0.0735. The molecule has 0 aromatic carbocycles. The van der Waals surface area contributed by atoms with E-state index in [-0.39, 0.29) is 6.04 Å². The first-order valence-electron chi connectivity index (χ1n) is 3.89. The zero-order valence-corrected chi connectivity index (χ0v) is 7.20. The van der Waals surface area contributed by atoms with Crippen LogP contribution in [0.2, 0.25) is 0 Å². The minimum Gasteiger partial charge on any atom is -0.322 e. The van der Waals surface area contributed by atoms with E-state index in [1.807, 2.05) is 6.92 Å². The number of hydrogen-bond acceptors (Lipinski definition) is 3. The Balaban J connectivity index is 2.74. The molecule has 3 nitrogen and oxygen atoms in total. The molecule has 1 unspecified atom stereocenters. The monoisotopic (exact) mass is 163 g/mol. The molecule has 3 heteroatoms. The van der Waals surface area contributed by atoms with E-state index in [0.29, 0.717) is 0 Å². The summed E-state index contributed by atoms with van der Waals surface area (Å²) < 4.78 is 0. The quantitative estimate of drug-likeness (QED) is 0.684. The molecule has 0 aliphatic rings. The molecule has 0 amide bonds. The lowest BCUT2D eigenvalue weighted by Gasteiger charge is -2.06. The minimum atomic E-state index is -0.0735. The number of nitrogens with zero attached hydrogens (tertiary/aromatic N) is 2. The van der Waals surface area contributed by atoms with Crippen LogP contribution in [0, 0.1) is 6.92 Å². The van der Waals surface area contributed by atoms with Gasteiger partial charge in [0.15, 0.2) is 0 Å². The summed E-state index contributed by atoms with van der Waals surface area (Å²) in [4.78, 5) is 8.27.